The van der Waals surface area contributed by atoms with Crippen molar-refractivity contribution in [1.82, 2.24) is 14.7 Å². The zero-order valence-corrected chi connectivity index (χ0v) is 13.6. The van der Waals surface area contributed by atoms with Crippen LogP contribution in [-0.2, 0) is 9.53 Å². The molecule has 0 aromatic rings. The summed E-state index contributed by atoms with van der Waals surface area (Å²) in [6.45, 7) is 12.1. The van der Waals surface area contributed by atoms with E-state index in [4.69, 9.17) is 4.74 Å². The number of nitrogens with zero attached hydrogens (tertiary/aromatic N) is 3. The number of likely N-dealkylation sites (tertiary alicyclic amines) is 1. The summed E-state index contributed by atoms with van der Waals surface area (Å²) in [5, 5.41) is 0. The Hall–Kier alpha value is -1.30. The molecule has 0 radical (unpaired) electrons. The normalized spacial score (nSPS) is 24.3. The van der Waals surface area contributed by atoms with E-state index in [2.05, 4.69) is 4.90 Å². The number of hydrogen-bond donors (Lipinski definition) is 0. The van der Waals surface area contributed by atoms with Crippen molar-refractivity contribution in [1.29, 1.82) is 0 Å². The van der Waals surface area contributed by atoms with Gasteiger partial charge in [0.25, 0.3) is 0 Å². The van der Waals surface area contributed by atoms with Crippen LogP contribution in [0.4, 0.5) is 4.79 Å². The summed E-state index contributed by atoms with van der Waals surface area (Å²) in [6.07, 6.45) is 0.770. The number of piperazine rings is 1. The minimum Gasteiger partial charge on any atom is -0.444 e. The van der Waals surface area contributed by atoms with Gasteiger partial charge in [-0.2, -0.15) is 0 Å². The lowest BCUT2D eigenvalue weighted by Crippen LogP contribution is -2.52. The number of amides is 2. The van der Waals surface area contributed by atoms with Crippen LogP contribution in [-0.4, -0.2) is 77.6 Å². The molecule has 2 heterocycles. The van der Waals surface area contributed by atoms with Crippen molar-refractivity contribution in [3.63, 3.8) is 0 Å². The molecule has 0 unspecified atom stereocenters. The molecular formula is C15H27N3O3. The highest BCUT2D eigenvalue weighted by molar-refractivity contribution is 5.73. The average molecular weight is 297 g/mol. The average Bonchev–Trinajstić information content (AvgIpc) is 2.86. The van der Waals surface area contributed by atoms with Crippen LogP contribution in [0.25, 0.3) is 0 Å². The Morgan fingerprint density at radius 3 is 2.14 bits per heavy atom. The maximum absolute atomic E-state index is 12.1. The first kappa shape index (κ1) is 16.1. The topological polar surface area (TPSA) is 53.1 Å². The van der Waals surface area contributed by atoms with Crippen LogP contribution < -0.4 is 0 Å². The monoisotopic (exact) mass is 297 g/mol. The van der Waals surface area contributed by atoms with Crippen molar-refractivity contribution in [2.75, 3.05) is 39.3 Å². The molecule has 21 heavy (non-hydrogen) atoms. The predicted molar refractivity (Wildman–Crippen MR) is 80.0 cm³/mol. The molecule has 2 fully saturated rings. The highest BCUT2D eigenvalue weighted by Gasteiger charge is 2.34. The lowest BCUT2D eigenvalue weighted by atomic mass is 10.2. The number of carbonyl (C=O) groups is 2. The third-order valence-corrected chi connectivity index (χ3v) is 4.09. The molecule has 0 aromatic carbocycles. The standard InChI is InChI=1S/C15H27N3O3/c1-12(19)16-7-9-17(10-8-16)13-5-6-18(11-13)14(20)21-15(2,3)4/h13H,5-11H2,1-4H3/t13-/m0/s1. The van der Waals surface area contributed by atoms with Crippen molar-refractivity contribution in [3.8, 4) is 0 Å². The molecule has 1 atom stereocenters. The number of ether oxygens (including phenoxy) is 1. The third-order valence-electron chi connectivity index (χ3n) is 4.09. The number of rotatable bonds is 1. The molecule has 0 aromatic heterocycles. The molecule has 2 rings (SSSR count). The van der Waals surface area contributed by atoms with Crippen LogP contribution in [0, 0.1) is 0 Å². The Bertz CT molecular complexity index is 397. The largest absolute Gasteiger partial charge is 0.444 e. The highest BCUT2D eigenvalue weighted by Crippen LogP contribution is 2.20. The van der Waals surface area contributed by atoms with Crippen LogP contribution in [0.1, 0.15) is 34.1 Å². The second-order valence-electron chi connectivity index (χ2n) is 6.91. The summed E-state index contributed by atoms with van der Waals surface area (Å²) in [5.41, 5.74) is -0.442. The van der Waals surface area contributed by atoms with Crippen molar-refractivity contribution < 1.29 is 14.3 Å². The second kappa shape index (κ2) is 6.22. The lowest BCUT2D eigenvalue weighted by Gasteiger charge is -2.37. The van der Waals surface area contributed by atoms with Crippen LogP contribution in [0.15, 0.2) is 0 Å². The van der Waals surface area contributed by atoms with Crippen molar-refractivity contribution in [3.05, 3.63) is 0 Å². The number of hydrogen-bond acceptors (Lipinski definition) is 4. The first-order chi connectivity index (χ1) is 9.76. The van der Waals surface area contributed by atoms with Gasteiger partial charge >= 0.3 is 6.09 Å². The molecule has 0 saturated carbocycles. The Kier molecular flexibility index (Phi) is 4.76. The van der Waals surface area contributed by atoms with E-state index in [0.717, 1.165) is 45.7 Å². The van der Waals surface area contributed by atoms with Crippen LogP contribution in [0.5, 0.6) is 0 Å². The summed E-state index contributed by atoms with van der Waals surface area (Å²) in [6, 6.07) is 0.395. The van der Waals surface area contributed by atoms with E-state index in [9.17, 15) is 9.59 Å². The van der Waals surface area contributed by atoms with E-state index in [0.29, 0.717) is 6.04 Å². The van der Waals surface area contributed by atoms with Gasteiger partial charge < -0.3 is 14.5 Å². The molecule has 2 aliphatic heterocycles. The van der Waals surface area contributed by atoms with Gasteiger partial charge in [-0.05, 0) is 27.2 Å². The number of carbonyl (C=O) groups excluding carboxylic acids is 2. The van der Waals surface area contributed by atoms with Gasteiger partial charge in [0.15, 0.2) is 0 Å². The smallest absolute Gasteiger partial charge is 0.410 e. The summed E-state index contributed by atoms with van der Waals surface area (Å²) in [5.74, 6) is 0.149. The van der Waals surface area contributed by atoms with Crippen molar-refractivity contribution >= 4 is 12.0 Å². The Morgan fingerprint density at radius 1 is 1.00 bits per heavy atom. The minimum atomic E-state index is -0.442. The maximum atomic E-state index is 12.1. The molecule has 0 bridgehead atoms. The molecule has 0 spiro atoms. The molecule has 0 N–H and O–H groups in total. The van der Waals surface area contributed by atoms with Gasteiger partial charge in [-0.25, -0.2) is 4.79 Å². The van der Waals surface area contributed by atoms with E-state index >= 15 is 0 Å². The fraction of sp³-hybridized carbons (Fsp3) is 0.867. The van der Waals surface area contributed by atoms with Crippen LogP contribution >= 0.6 is 0 Å². The van der Waals surface area contributed by atoms with Gasteiger partial charge in [-0.1, -0.05) is 0 Å². The summed E-state index contributed by atoms with van der Waals surface area (Å²) >= 11 is 0. The van der Waals surface area contributed by atoms with E-state index in [1.54, 1.807) is 11.8 Å². The zero-order valence-electron chi connectivity index (χ0n) is 13.6. The fourth-order valence-electron chi connectivity index (χ4n) is 2.93. The van der Waals surface area contributed by atoms with E-state index in [1.165, 1.54) is 0 Å². The van der Waals surface area contributed by atoms with Gasteiger partial charge in [0.2, 0.25) is 5.91 Å². The quantitative estimate of drug-likeness (QED) is 0.729. The molecule has 120 valence electrons. The Morgan fingerprint density at radius 2 is 1.62 bits per heavy atom. The van der Waals surface area contributed by atoms with Crippen LogP contribution in [0.2, 0.25) is 0 Å². The third kappa shape index (κ3) is 4.33. The summed E-state index contributed by atoms with van der Waals surface area (Å²) in [4.78, 5) is 29.5. The van der Waals surface area contributed by atoms with Crippen molar-refractivity contribution in [2.45, 2.75) is 45.8 Å². The fourth-order valence-corrected chi connectivity index (χ4v) is 2.93. The van der Waals surface area contributed by atoms with Gasteiger partial charge in [0.05, 0.1) is 0 Å². The molecule has 0 aliphatic carbocycles. The van der Waals surface area contributed by atoms with E-state index in [1.807, 2.05) is 25.7 Å². The molecule has 6 nitrogen and oxygen atoms in total. The van der Waals surface area contributed by atoms with Gasteiger partial charge in [0, 0.05) is 52.2 Å². The summed E-state index contributed by atoms with van der Waals surface area (Å²) in [7, 11) is 0. The lowest BCUT2D eigenvalue weighted by molar-refractivity contribution is -0.130. The zero-order chi connectivity index (χ0) is 15.6. The van der Waals surface area contributed by atoms with E-state index in [-0.39, 0.29) is 12.0 Å². The minimum absolute atomic E-state index is 0.149. The molecule has 2 amide bonds. The summed E-state index contributed by atoms with van der Waals surface area (Å²) < 4.78 is 5.42. The first-order valence-corrected chi connectivity index (χ1v) is 7.74. The Balaban J connectivity index is 1.80. The first-order valence-electron chi connectivity index (χ1n) is 7.74. The molecule has 2 aliphatic rings. The van der Waals surface area contributed by atoms with E-state index < -0.39 is 5.60 Å². The second-order valence-corrected chi connectivity index (χ2v) is 6.91. The Labute approximate surface area is 127 Å². The SMILES string of the molecule is CC(=O)N1CCN([C@H]2CCN(C(=O)OC(C)(C)C)C2)CC1. The predicted octanol–water partition coefficient (Wildman–Crippen LogP) is 1.16. The van der Waals surface area contributed by atoms with Gasteiger partial charge in [-0.3, -0.25) is 9.69 Å². The van der Waals surface area contributed by atoms with Crippen LogP contribution in [0.3, 0.4) is 0 Å². The molecule has 6 heteroatoms. The van der Waals surface area contributed by atoms with Gasteiger partial charge in [-0.15, -0.1) is 0 Å². The maximum Gasteiger partial charge on any atom is 0.410 e. The molecule has 2 saturated heterocycles. The molecular weight excluding hydrogens is 270 g/mol. The van der Waals surface area contributed by atoms with Gasteiger partial charge in [0.1, 0.15) is 5.60 Å². The van der Waals surface area contributed by atoms with Crippen molar-refractivity contribution in [2.24, 2.45) is 0 Å². The highest BCUT2D eigenvalue weighted by atomic mass is 16.6.